The summed E-state index contributed by atoms with van der Waals surface area (Å²) in [5.41, 5.74) is 0. The second-order valence-corrected chi connectivity index (χ2v) is 4.73. The van der Waals surface area contributed by atoms with Crippen LogP contribution in [0.15, 0.2) is 0 Å². The van der Waals surface area contributed by atoms with E-state index in [4.69, 9.17) is 0 Å². The van der Waals surface area contributed by atoms with E-state index in [0.717, 1.165) is 0 Å². The van der Waals surface area contributed by atoms with Gasteiger partial charge in [-0.25, -0.2) is 4.39 Å². The fourth-order valence-electron chi connectivity index (χ4n) is 0.683. The number of rotatable bonds is 0. The molecule has 0 aromatic heterocycles. The zero-order chi connectivity index (χ0) is 6.20. The Morgan fingerprint density at radius 3 is 2.62 bits per heavy atom. The van der Waals surface area contributed by atoms with E-state index in [9.17, 15) is 8.96 Å². The summed E-state index contributed by atoms with van der Waals surface area (Å²) in [5, 5.41) is 0. The van der Waals surface area contributed by atoms with Gasteiger partial charge in [0.2, 0.25) is 13.7 Å². The van der Waals surface area contributed by atoms with Gasteiger partial charge in [0.1, 0.15) is 0 Å². The smallest absolute Gasteiger partial charge is 0.206 e. The largest absolute Gasteiger partial charge is 0.293 e. The highest BCUT2D eigenvalue weighted by molar-refractivity contribution is 7.58. The maximum atomic E-state index is 12.0. The molecular weight excluding hydrogens is 130 g/mol. The van der Waals surface area contributed by atoms with Crippen LogP contribution in [0.2, 0.25) is 0 Å². The van der Waals surface area contributed by atoms with Gasteiger partial charge in [0.05, 0.1) is 0 Å². The number of hydrogen-bond donors (Lipinski definition) is 0. The fraction of sp³-hybridized carbons (Fsp3) is 1.00. The minimum Gasteiger partial charge on any atom is -0.293 e. The molecule has 0 aromatic carbocycles. The highest BCUT2D eigenvalue weighted by Gasteiger charge is 2.30. The van der Waals surface area contributed by atoms with Gasteiger partial charge in [0.15, 0.2) is 0 Å². The molecule has 1 aliphatic heterocycles. The van der Waals surface area contributed by atoms with Crippen LogP contribution in [-0.4, -0.2) is 19.2 Å². The van der Waals surface area contributed by atoms with Crippen molar-refractivity contribution >= 4 is 7.37 Å². The number of hydrogen-bond acceptors (Lipinski definition) is 2. The summed E-state index contributed by atoms with van der Waals surface area (Å²) < 4.78 is 27.2. The monoisotopic (exact) mass is 138 g/mol. The minimum atomic E-state index is -2.47. The quantitative estimate of drug-likeness (QED) is 0.475. The molecule has 0 aliphatic carbocycles. The first kappa shape index (κ1) is 6.24. The third-order valence-corrected chi connectivity index (χ3v) is 2.84. The van der Waals surface area contributed by atoms with E-state index in [1.165, 1.54) is 6.66 Å². The van der Waals surface area contributed by atoms with Gasteiger partial charge >= 0.3 is 0 Å². The van der Waals surface area contributed by atoms with Gasteiger partial charge in [0.25, 0.3) is 0 Å². The Bertz CT molecular complexity index is 136. The molecule has 0 saturated carbocycles. The molecule has 48 valence electrons. The van der Waals surface area contributed by atoms with Crippen LogP contribution in [-0.2, 0) is 9.09 Å². The number of alkyl halides is 1. The molecule has 0 radical (unpaired) electrons. The third-order valence-electron chi connectivity index (χ3n) is 1.10. The molecule has 1 rings (SSSR count). The van der Waals surface area contributed by atoms with Gasteiger partial charge in [-0.2, -0.15) is 0 Å². The molecule has 1 aliphatic rings. The van der Waals surface area contributed by atoms with E-state index in [0.29, 0.717) is 12.6 Å². The molecule has 2 nitrogen and oxygen atoms in total. The Kier molecular flexibility index (Phi) is 1.42. The van der Waals surface area contributed by atoms with E-state index in [1.807, 2.05) is 0 Å². The van der Waals surface area contributed by atoms with E-state index in [1.54, 1.807) is 0 Å². The normalized spacial score (nSPS) is 47.5. The SMILES string of the molecule is CP1(=O)CCC(F)O1. The average molecular weight is 138 g/mol. The molecule has 1 fully saturated rings. The summed E-state index contributed by atoms with van der Waals surface area (Å²) in [5.74, 6) is 0. The second kappa shape index (κ2) is 1.82. The lowest BCUT2D eigenvalue weighted by Crippen LogP contribution is -1.90. The van der Waals surface area contributed by atoms with Crippen LogP contribution in [0.3, 0.4) is 0 Å². The molecule has 8 heavy (non-hydrogen) atoms. The van der Waals surface area contributed by atoms with Crippen LogP contribution >= 0.6 is 7.37 Å². The van der Waals surface area contributed by atoms with Crippen molar-refractivity contribution in [2.45, 2.75) is 12.8 Å². The summed E-state index contributed by atoms with van der Waals surface area (Å²) >= 11 is 0. The maximum absolute atomic E-state index is 12.0. The Morgan fingerprint density at radius 1 is 1.88 bits per heavy atom. The second-order valence-electron chi connectivity index (χ2n) is 2.04. The molecule has 2 unspecified atom stereocenters. The van der Waals surface area contributed by atoms with Crippen molar-refractivity contribution in [2.75, 3.05) is 12.8 Å². The van der Waals surface area contributed by atoms with Crippen molar-refractivity contribution in [1.29, 1.82) is 0 Å². The van der Waals surface area contributed by atoms with Gasteiger partial charge in [-0.05, 0) is 0 Å². The molecule has 0 spiro atoms. The van der Waals surface area contributed by atoms with Crippen LogP contribution in [0.1, 0.15) is 6.42 Å². The molecule has 0 amide bonds. The van der Waals surface area contributed by atoms with Gasteiger partial charge < -0.3 is 0 Å². The van der Waals surface area contributed by atoms with Gasteiger partial charge in [-0.3, -0.25) is 9.09 Å². The van der Waals surface area contributed by atoms with E-state index in [-0.39, 0.29) is 0 Å². The van der Waals surface area contributed by atoms with E-state index in [2.05, 4.69) is 4.52 Å². The predicted octanol–water partition coefficient (Wildman–Crippen LogP) is 1.61. The Labute approximate surface area is 47.5 Å². The Balaban J connectivity index is 2.57. The first-order valence-electron chi connectivity index (χ1n) is 2.49. The van der Waals surface area contributed by atoms with Crippen molar-refractivity contribution in [1.82, 2.24) is 0 Å². The van der Waals surface area contributed by atoms with Crippen molar-refractivity contribution in [3.8, 4) is 0 Å². The fourth-order valence-corrected chi connectivity index (χ4v) is 2.05. The number of halogens is 1. The summed E-state index contributed by atoms with van der Waals surface area (Å²) in [4.78, 5) is 0. The van der Waals surface area contributed by atoms with Crippen molar-refractivity contribution in [2.24, 2.45) is 0 Å². The maximum Gasteiger partial charge on any atom is 0.206 e. The van der Waals surface area contributed by atoms with Crippen LogP contribution in [0.4, 0.5) is 4.39 Å². The van der Waals surface area contributed by atoms with Crippen LogP contribution in [0, 0.1) is 0 Å². The van der Waals surface area contributed by atoms with Crippen molar-refractivity contribution in [3.63, 3.8) is 0 Å². The molecule has 2 atom stereocenters. The predicted molar refractivity (Wildman–Crippen MR) is 29.0 cm³/mol. The molecule has 0 bridgehead atoms. The van der Waals surface area contributed by atoms with Crippen LogP contribution < -0.4 is 0 Å². The van der Waals surface area contributed by atoms with E-state index < -0.39 is 13.7 Å². The zero-order valence-corrected chi connectivity index (χ0v) is 5.53. The summed E-state index contributed by atoms with van der Waals surface area (Å²) in [6.07, 6.45) is -0.576. The zero-order valence-electron chi connectivity index (χ0n) is 4.63. The molecule has 1 heterocycles. The Morgan fingerprint density at radius 2 is 2.50 bits per heavy atom. The minimum absolute atomic E-state index is 0.299. The Hall–Kier alpha value is 0.120. The molecule has 0 N–H and O–H groups in total. The van der Waals surface area contributed by atoms with Gasteiger partial charge in [-0.15, -0.1) is 0 Å². The summed E-state index contributed by atoms with van der Waals surface area (Å²) in [7, 11) is -2.47. The first-order chi connectivity index (χ1) is 3.60. The highest BCUT2D eigenvalue weighted by atomic mass is 31.2. The molecule has 4 heteroatoms. The molecule has 1 saturated heterocycles. The van der Waals surface area contributed by atoms with Gasteiger partial charge in [0, 0.05) is 19.2 Å². The standard InChI is InChI=1S/C4H8FO2P/c1-8(6)3-2-4(5)7-8/h4H,2-3H2,1H3. The summed E-state index contributed by atoms with van der Waals surface area (Å²) in [6, 6.07) is 0. The van der Waals surface area contributed by atoms with Crippen molar-refractivity contribution < 1.29 is 13.5 Å². The lowest BCUT2D eigenvalue weighted by atomic mass is 10.5. The topological polar surface area (TPSA) is 26.3 Å². The van der Waals surface area contributed by atoms with E-state index >= 15 is 0 Å². The van der Waals surface area contributed by atoms with Crippen molar-refractivity contribution in [3.05, 3.63) is 0 Å². The average Bonchev–Trinajstić information content (AvgIpc) is 1.82. The lowest BCUT2D eigenvalue weighted by Gasteiger charge is -2.00. The highest BCUT2D eigenvalue weighted by Crippen LogP contribution is 2.50. The molecular formula is C4H8FO2P. The lowest BCUT2D eigenvalue weighted by molar-refractivity contribution is 0.0916. The van der Waals surface area contributed by atoms with Crippen LogP contribution in [0.25, 0.3) is 0 Å². The summed E-state index contributed by atoms with van der Waals surface area (Å²) in [6.45, 7) is 1.46. The first-order valence-corrected chi connectivity index (χ1v) is 4.75. The molecule has 0 aromatic rings. The third kappa shape index (κ3) is 1.30. The van der Waals surface area contributed by atoms with Gasteiger partial charge in [-0.1, -0.05) is 0 Å². The van der Waals surface area contributed by atoms with Crippen LogP contribution in [0.5, 0.6) is 0 Å².